The van der Waals surface area contributed by atoms with Gasteiger partial charge in [0.25, 0.3) is 0 Å². The second-order valence-corrected chi connectivity index (χ2v) is 20.9. The number of carbonyl (C=O) groups excluding carboxylic acids is 1. The summed E-state index contributed by atoms with van der Waals surface area (Å²) < 4.78 is 21.3. The van der Waals surface area contributed by atoms with Crippen LogP contribution < -0.4 is 4.74 Å². The fourth-order valence-electron chi connectivity index (χ4n) is 5.54. The Balaban J connectivity index is 1.47. The first kappa shape index (κ1) is 33.1. The number of amides is 1. The van der Waals surface area contributed by atoms with E-state index < -0.39 is 13.7 Å². The standard InChI is InChI=1S/C32H47N7O4SSi/c1-21(2)26-27(30-33-17-25(44-30)22-10-12-37(13-11-22)31(40)43-32(3,4)5)36-39(20-42-14-15-45(7,8)9)28(26)23-16-24(41-6)29-34-19-35-38(29)18-23/h16-19,21-22H,10-15,20H2,1-9H3. The molecule has 13 heteroatoms. The summed E-state index contributed by atoms with van der Waals surface area (Å²) in [5.74, 6) is 1.14. The average molecular weight is 654 g/mol. The summed E-state index contributed by atoms with van der Waals surface area (Å²) in [4.78, 5) is 24.9. The Labute approximate surface area is 270 Å². The van der Waals surface area contributed by atoms with Gasteiger partial charge in [-0.3, -0.25) is 0 Å². The molecule has 0 bridgehead atoms. The van der Waals surface area contributed by atoms with E-state index in [9.17, 15) is 4.79 Å². The van der Waals surface area contributed by atoms with E-state index in [0.717, 1.165) is 46.4 Å². The molecule has 4 aromatic rings. The molecule has 0 spiro atoms. The van der Waals surface area contributed by atoms with Crippen LogP contribution in [0.1, 0.15) is 69.7 Å². The second-order valence-electron chi connectivity index (χ2n) is 14.2. The molecule has 0 aliphatic carbocycles. The maximum Gasteiger partial charge on any atom is 0.410 e. The van der Waals surface area contributed by atoms with Gasteiger partial charge in [-0.2, -0.15) is 10.2 Å². The second kappa shape index (κ2) is 13.2. The summed E-state index contributed by atoms with van der Waals surface area (Å²) in [7, 11) is 0.401. The minimum Gasteiger partial charge on any atom is -0.493 e. The number of piperidine rings is 1. The van der Waals surface area contributed by atoms with Crippen molar-refractivity contribution in [1.82, 2.24) is 34.3 Å². The minimum absolute atomic E-state index is 0.160. The summed E-state index contributed by atoms with van der Waals surface area (Å²) in [6.07, 6.45) is 7.01. The van der Waals surface area contributed by atoms with Crippen molar-refractivity contribution < 1.29 is 19.0 Å². The highest BCUT2D eigenvalue weighted by Gasteiger charge is 2.30. The first-order chi connectivity index (χ1) is 21.2. The highest BCUT2D eigenvalue weighted by Crippen LogP contribution is 2.42. The zero-order valence-electron chi connectivity index (χ0n) is 28.1. The van der Waals surface area contributed by atoms with Crippen LogP contribution in [0.4, 0.5) is 4.79 Å². The predicted octanol–water partition coefficient (Wildman–Crippen LogP) is 7.28. The number of aromatic nitrogens is 6. The lowest BCUT2D eigenvalue weighted by molar-refractivity contribution is 0.0205. The normalized spacial score (nSPS) is 14.9. The van der Waals surface area contributed by atoms with Gasteiger partial charge >= 0.3 is 6.09 Å². The van der Waals surface area contributed by atoms with Gasteiger partial charge in [-0.05, 0) is 57.6 Å². The average Bonchev–Trinajstić information content (AvgIpc) is 3.72. The van der Waals surface area contributed by atoms with Crippen molar-refractivity contribution in [3.63, 3.8) is 0 Å². The largest absolute Gasteiger partial charge is 0.493 e. The summed E-state index contributed by atoms with van der Waals surface area (Å²) in [6, 6.07) is 3.08. The number of thiazole rings is 1. The van der Waals surface area contributed by atoms with Gasteiger partial charge in [-0.1, -0.05) is 33.5 Å². The molecule has 0 saturated carbocycles. The summed E-state index contributed by atoms with van der Waals surface area (Å²) >= 11 is 1.70. The van der Waals surface area contributed by atoms with Crippen LogP contribution in [0.2, 0.25) is 25.7 Å². The first-order valence-electron chi connectivity index (χ1n) is 15.7. The Kier molecular flexibility index (Phi) is 9.71. The van der Waals surface area contributed by atoms with Crippen molar-refractivity contribution in [1.29, 1.82) is 0 Å². The van der Waals surface area contributed by atoms with Crippen LogP contribution in [-0.2, 0) is 16.2 Å². The van der Waals surface area contributed by atoms with Crippen LogP contribution in [0.5, 0.6) is 5.75 Å². The molecule has 1 aliphatic heterocycles. The molecular formula is C32H47N7O4SSi. The predicted molar refractivity (Wildman–Crippen MR) is 180 cm³/mol. The molecule has 244 valence electrons. The van der Waals surface area contributed by atoms with Crippen LogP contribution in [0.3, 0.4) is 0 Å². The molecule has 5 rings (SSSR count). The number of pyridine rings is 1. The maximum absolute atomic E-state index is 12.6. The Morgan fingerprint density at radius 2 is 1.89 bits per heavy atom. The number of nitrogens with zero attached hydrogens (tertiary/aromatic N) is 7. The Morgan fingerprint density at radius 3 is 2.53 bits per heavy atom. The van der Waals surface area contributed by atoms with Crippen molar-refractivity contribution in [2.45, 2.75) is 97.3 Å². The highest BCUT2D eigenvalue weighted by molar-refractivity contribution is 7.15. The zero-order valence-corrected chi connectivity index (χ0v) is 29.9. The number of carbonyl (C=O) groups is 1. The quantitative estimate of drug-likeness (QED) is 0.130. The molecule has 0 N–H and O–H groups in total. The third-order valence-corrected chi connectivity index (χ3v) is 10.8. The van der Waals surface area contributed by atoms with E-state index in [1.54, 1.807) is 23.0 Å². The lowest BCUT2D eigenvalue weighted by Crippen LogP contribution is -2.41. The number of fused-ring (bicyclic) bond motifs is 1. The molecule has 45 heavy (non-hydrogen) atoms. The molecule has 0 radical (unpaired) electrons. The van der Waals surface area contributed by atoms with E-state index in [4.69, 9.17) is 24.3 Å². The zero-order chi connectivity index (χ0) is 32.5. The first-order valence-corrected chi connectivity index (χ1v) is 20.3. The molecule has 1 amide bonds. The lowest BCUT2D eigenvalue weighted by Gasteiger charge is -2.33. The van der Waals surface area contributed by atoms with Crippen LogP contribution in [-0.4, -0.2) is 80.8 Å². The Bertz CT molecular complexity index is 1620. The van der Waals surface area contributed by atoms with Crippen LogP contribution in [0.15, 0.2) is 24.8 Å². The monoisotopic (exact) mass is 653 g/mol. The third-order valence-electron chi connectivity index (χ3n) is 7.89. The number of hydrogen-bond donors (Lipinski definition) is 0. The summed E-state index contributed by atoms with van der Waals surface area (Å²) in [5.41, 5.74) is 4.02. The molecule has 0 atom stereocenters. The van der Waals surface area contributed by atoms with Crippen molar-refractivity contribution in [2.24, 2.45) is 0 Å². The minimum atomic E-state index is -1.25. The van der Waals surface area contributed by atoms with Crippen molar-refractivity contribution in [2.75, 3.05) is 26.8 Å². The highest BCUT2D eigenvalue weighted by atomic mass is 32.1. The van der Waals surface area contributed by atoms with Gasteiger partial charge in [-0.25, -0.2) is 24.0 Å². The van der Waals surface area contributed by atoms with Crippen molar-refractivity contribution in [3.8, 4) is 27.7 Å². The van der Waals surface area contributed by atoms with E-state index in [1.807, 2.05) is 48.8 Å². The Morgan fingerprint density at radius 1 is 1.16 bits per heavy atom. The van der Waals surface area contributed by atoms with Gasteiger partial charge in [0.1, 0.15) is 29.4 Å². The lowest BCUT2D eigenvalue weighted by atomic mass is 9.96. The smallest absolute Gasteiger partial charge is 0.410 e. The molecule has 0 aromatic carbocycles. The third kappa shape index (κ3) is 7.75. The van der Waals surface area contributed by atoms with E-state index in [1.165, 1.54) is 11.2 Å². The number of hydrogen-bond acceptors (Lipinski definition) is 9. The summed E-state index contributed by atoms with van der Waals surface area (Å²) in [5, 5.41) is 10.4. The molecule has 4 aromatic heterocycles. The van der Waals surface area contributed by atoms with E-state index in [-0.39, 0.29) is 12.0 Å². The van der Waals surface area contributed by atoms with E-state index >= 15 is 0 Å². The topological polar surface area (TPSA) is 109 Å². The van der Waals surface area contributed by atoms with Gasteiger partial charge in [-0.15, -0.1) is 11.3 Å². The number of methoxy groups -OCH3 is 1. The molecule has 5 heterocycles. The van der Waals surface area contributed by atoms with Gasteiger partial charge < -0.3 is 19.1 Å². The SMILES string of the molecule is COc1cc(-c2c(C(C)C)c(-c3ncc(C4CCN(C(=O)OC(C)(C)C)CC4)s3)nn2COCC[Si](C)(C)C)cn2ncnc12. The van der Waals surface area contributed by atoms with E-state index in [0.29, 0.717) is 43.7 Å². The van der Waals surface area contributed by atoms with Gasteiger partial charge in [0.2, 0.25) is 0 Å². The fraction of sp³-hybridized carbons (Fsp3) is 0.594. The fourth-order valence-corrected chi connectivity index (χ4v) is 7.38. The molecule has 1 aliphatic rings. The molecule has 1 fully saturated rings. The molecule has 1 saturated heterocycles. The van der Waals surface area contributed by atoms with Crippen LogP contribution in [0, 0.1) is 0 Å². The van der Waals surface area contributed by atoms with Crippen molar-refractivity contribution >= 4 is 31.2 Å². The molecule has 11 nitrogen and oxygen atoms in total. The number of ether oxygens (including phenoxy) is 3. The molecular weight excluding hydrogens is 607 g/mol. The van der Waals surface area contributed by atoms with Gasteiger partial charge in [0, 0.05) is 56.2 Å². The molecule has 0 unspecified atom stereocenters. The Hall–Kier alpha value is -3.29. The maximum atomic E-state index is 12.6. The van der Waals surface area contributed by atoms with Gasteiger partial charge in [0.15, 0.2) is 11.4 Å². The van der Waals surface area contributed by atoms with Crippen LogP contribution in [0.25, 0.3) is 27.6 Å². The van der Waals surface area contributed by atoms with Crippen molar-refractivity contribution in [3.05, 3.63) is 35.2 Å². The summed E-state index contributed by atoms with van der Waals surface area (Å²) in [6.45, 7) is 19.5. The van der Waals surface area contributed by atoms with Crippen LogP contribution >= 0.6 is 11.3 Å². The number of rotatable bonds is 10. The number of likely N-dealkylation sites (tertiary alicyclic amines) is 1. The van der Waals surface area contributed by atoms with Gasteiger partial charge in [0.05, 0.1) is 12.8 Å². The van der Waals surface area contributed by atoms with E-state index in [2.05, 4.69) is 43.6 Å².